The third-order valence-electron chi connectivity index (χ3n) is 2.08. The molecule has 0 amide bonds. The predicted molar refractivity (Wildman–Crippen MR) is 76.6 cm³/mol. The van der Waals surface area contributed by atoms with E-state index >= 15 is 0 Å². The Kier molecular flexibility index (Phi) is 7.65. The number of benzene rings is 1. The molecule has 18 heavy (non-hydrogen) atoms. The van der Waals surface area contributed by atoms with Crippen LogP contribution in [0.5, 0.6) is 11.5 Å². The van der Waals surface area contributed by atoms with Crippen molar-refractivity contribution in [2.24, 2.45) is 0 Å². The molecule has 0 saturated carbocycles. The second-order valence-electron chi connectivity index (χ2n) is 3.40. The highest BCUT2D eigenvalue weighted by molar-refractivity contribution is 9.11. The van der Waals surface area contributed by atoms with Crippen molar-refractivity contribution in [3.8, 4) is 11.5 Å². The van der Waals surface area contributed by atoms with E-state index in [2.05, 4.69) is 31.9 Å². The summed E-state index contributed by atoms with van der Waals surface area (Å²) in [6.07, 6.45) is 0. The van der Waals surface area contributed by atoms with Gasteiger partial charge in [-0.2, -0.15) is 0 Å². The van der Waals surface area contributed by atoms with E-state index in [1.165, 1.54) is 0 Å². The Balaban J connectivity index is 2.64. The Morgan fingerprint density at radius 2 is 1.17 bits per heavy atom. The van der Waals surface area contributed by atoms with E-state index in [9.17, 15) is 0 Å². The van der Waals surface area contributed by atoms with Gasteiger partial charge < -0.3 is 18.9 Å². The molecule has 0 heterocycles. The Morgan fingerprint density at radius 1 is 0.778 bits per heavy atom. The van der Waals surface area contributed by atoms with Gasteiger partial charge in [0, 0.05) is 14.2 Å². The first-order valence-corrected chi connectivity index (χ1v) is 7.00. The summed E-state index contributed by atoms with van der Waals surface area (Å²) in [5.41, 5.74) is 0. The van der Waals surface area contributed by atoms with Gasteiger partial charge in [0.25, 0.3) is 0 Å². The summed E-state index contributed by atoms with van der Waals surface area (Å²) in [7, 11) is 3.28. The van der Waals surface area contributed by atoms with Crippen LogP contribution in [0.3, 0.4) is 0 Å². The van der Waals surface area contributed by atoms with Crippen LogP contribution < -0.4 is 9.47 Å². The molecule has 0 aromatic heterocycles. The first kappa shape index (κ1) is 15.8. The van der Waals surface area contributed by atoms with Gasteiger partial charge in [-0.15, -0.1) is 0 Å². The topological polar surface area (TPSA) is 36.9 Å². The third kappa shape index (κ3) is 5.14. The zero-order valence-electron chi connectivity index (χ0n) is 10.4. The highest BCUT2D eigenvalue weighted by Gasteiger charge is 2.09. The average molecular weight is 384 g/mol. The monoisotopic (exact) mass is 382 g/mol. The van der Waals surface area contributed by atoms with E-state index in [1.807, 2.05) is 12.1 Å². The number of rotatable bonds is 8. The van der Waals surface area contributed by atoms with Crippen molar-refractivity contribution < 1.29 is 18.9 Å². The molecule has 0 saturated heterocycles. The Hall–Kier alpha value is -0.300. The van der Waals surface area contributed by atoms with Crippen molar-refractivity contribution in [2.45, 2.75) is 0 Å². The maximum atomic E-state index is 5.56. The lowest BCUT2D eigenvalue weighted by Gasteiger charge is -2.12. The molecule has 0 radical (unpaired) electrons. The fraction of sp³-hybridized carbons (Fsp3) is 0.500. The van der Waals surface area contributed by atoms with Gasteiger partial charge in [0.2, 0.25) is 0 Å². The molecule has 1 aromatic rings. The van der Waals surface area contributed by atoms with Gasteiger partial charge >= 0.3 is 0 Å². The van der Waals surface area contributed by atoms with Crippen molar-refractivity contribution in [1.82, 2.24) is 0 Å². The number of hydrogen-bond donors (Lipinski definition) is 0. The minimum Gasteiger partial charge on any atom is -0.490 e. The predicted octanol–water partition coefficient (Wildman–Crippen LogP) is 3.26. The fourth-order valence-corrected chi connectivity index (χ4v) is 2.08. The second-order valence-corrected chi connectivity index (χ2v) is 5.10. The molecule has 0 unspecified atom stereocenters. The Bertz CT molecular complexity index is 336. The van der Waals surface area contributed by atoms with E-state index < -0.39 is 0 Å². The maximum Gasteiger partial charge on any atom is 0.134 e. The van der Waals surface area contributed by atoms with E-state index in [0.717, 1.165) is 20.4 Å². The summed E-state index contributed by atoms with van der Waals surface area (Å²) < 4.78 is 22.7. The molecule has 0 bridgehead atoms. The summed E-state index contributed by atoms with van der Waals surface area (Å²) in [6, 6.07) is 3.73. The summed E-state index contributed by atoms with van der Waals surface area (Å²) in [5, 5.41) is 0. The average Bonchev–Trinajstić information content (AvgIpc) is 2.35. The van der Waals surface area contributed by atoms with E-state index in [4.69, 9.17) is 18.9 Å². The molecule has 1 rings (SSSR count). The van der Waals surface area contributed by atoms with Crippen LogP contribution >= 0.6 is 31.9 Å². The minimum atomic E-state index is 0.505. The molecule has 102 valence electrons. The largest absolute Gasteiger partial charge is 0.490 e. The van der Waals surface area contributed by atoms with Crippen LogP contribution in [0.25, 0.3) is 0 Å². The van der Waals surface area contributed by atoms with Crippen LogP contribution in [-0.4, -0.2) is 40.6 Å². The van der Waals surface area contributed by atoms with E-state index in [1.54, 1.807) is 14.2 Å². The van der Waals surface area contributed by atoms with E-state index in [-0.39, 0.29) is 0 Å². The lowest BCUT2D eigenvalue weighted by molar-refractivity contribution is 0.143. The smallest absolute Gasteiger partial charge is 0.134 e. The Labute approximate surface area is 124 Å². The lowest BCUT2D eigenvalue weighted by atomic mass is 10.3. The summed E-state index contributed by atoms with van der Waals surface area (Å²) in [4.78, 5) is 0. The molecular formula is C12H16Br2O4. The van der Waals surface area contributed by atoms with Gasteiger partial charge in [-0.25, -0.2) is 0 Å². The second kappa shape index (κ2) is 8.74. The molecule has 1 aromatic carbocycles. The Morgan fingerprint density at radius 3 is 1.50 bits per heavy atom. The van der Waals surface area contributed by atoms with Gasteiger partial charge in [0.1, 0.15) is 24.7 Å². The summed E-state index contributed by atoms with van der Waals surface area (Å²) in [6.45, 7) is 2.11. The normalized spacial score (nSPS) is 10.4. The number of hydrogen-bond acceptors (Lipinski definition) is 4. The highest BCUT2D eigenvalue weighted by Crippen LogP contribution is 2.36. The molecule has 0 fully saturated rings. The van der Waals surface area contributed by atoms with Crippen molar-refractivity contribution in [3.05, 3.63) is 21.1 Å². The quantitative estimate of drug-likeness (QED) is 0.645. The first-order chi connectivity index (χ1) is 8.69. The molecule has 0 atom stereocenters. The van der Waals surface area contributed by atoms with Crippen LogP contribution in [-0.2, 0) is 9.47 Å². The van der Waals surface area contributed by atoms with Crippen LogP contribution in [0, 0.1) is 0 Å². The first-order valence-electron chi connectivity index (χ1n) is 5.41. The van der Waals surface area contributed by atoms with Crippen LogP contribution in [0.15, 0.2) is 21.1 Å². The summed E-state index contributed by atoms with van der Waals surface area (Å²) in [5.74, 6) is 1.50. The molecule has 0 aliphatic carbocycles. The molecule has 6 heteroatoms. The van der Waals surface area contributed by atoms with Gasteiger partial charge in [0.05, 0.1) is 22.2 Å². The highest BCUT2D eigenvalue weighted by atomic mass is 79.9. The van der Waals surface area contributed by atoms with Gasteiger partial charge in [-0.1, -0.05) is 0 Å². The SMILES string of the molecule is COCCOc1cc(Br)c(OCCOC)cc1Br. The molecule has 0 N–H and O–H groups in total. The molecular weight excluding hydrogens is 368 g/mol. The molecule has 0 aliphatic heterocycles. The zero-order valence-corrected chi connectivity index (χ0v) is 13.5. The van der Waals surface area contributed by atoms with Gasteiger partial charge in [-0.3, -0.25) is 0 Å². The summed E-state index contributed by atoms with van der Waals surface area (Å²) >= 11 is 6.89. The molecule has 4 nitrogen and oxygen atoms in total. The lowest BCUT2D eigenvalue weighted by Crippen LogP contribution is -2.06. The van der Waals surface area contributed by atoms with Crippen molar-refractivity contribution in [2.75, 3.05) is 40.6 Å². The standard InChI is InChI=1S/C12H16Br2O4/c1-15-3-5-17-11-7-10(14)12(8-9(11)13)18-6-4-16-2/h7-8H,3-6H2,1-2H3. The molecule has 0 spiro atoms. The maximum absolute atomic E-state index is 5.56. The minimum absolute atomic E-state index is 0.505. The number of ether oxygens (including phenoxy) is 4. The number of halogens is 2. The van der Waals surface area contributed by atoms with Crippen LogP contribution in [0.2, 0.25) is 0 Å². The molecule has 0 aliphatic rings. The van der Waals surface area contributed by atoms with Crippen molar-refractivity contribution in [1.29, 1.82) is 0 Å². The third-order valence-corrected chi connectivity index (χ3v) is 3.32. The van der Waals surface area contributed by atoms with Gasteiger partial charge in [0.15, 0.2) is 0 Å². The van der Waals surface area contributed by atoms with Crippen molar-refractivity contribution >= 4 is 31.9 Å². The van der Waals surface area contributed by atoms with Crippen molar-refractivity contribution in [3.63, 3.8) is 0 Å². The van der Waals surface area contributed by atoms with Gasteiger partial charge in [-0.05, 0) is 44.0 Å². The van der Waals surface area contributed by atoms with Crippen LogP contribution in [0.1, 0.15) is 0 Å². The zero-order chi connectivity index (χ0) is 13.4. The number of methoxy groups -OCH3 is 2. The van der Waals surface area contributed by atoms with E-state index in [0.29, 0.717) is 26.4 Å². The van der Waals surface area contributed by atoms with Crippen LogP contribution in [0.4, 0.5) is 0 Å². The fourth-order valence-electron chi connectivity index (χ4n) is 1.20.